The molecule has 0 saturated heterocycles. The molecule has 0 saturated carbocycles. The van der Waals surface area contributed by atoms with Crippen LogP contribution < -0.4 is 0 Å². The van der Waals surface area contributed by atoms with E-state index in [1.165, 1.54) is 6.08 Å². The summed E-state index contributed by atoms with van der Waals surface area (Å²) in [5, 5.41) is 9.63. The standard InChI is InChI=1S/C22H21ClFIN2O6/c1-12-18(26-21(33-12)13-3-5-15(23)6-4-13)11-32-19-7-14(16(24)8-17(19)25)9-27(10-20(28)29)22(30)31-2/h3-8,17,19H,9-11H2,1-2H3,(H,28,29)/t17-,19?/m0/s1. The number of aliphatic carboxylic acids is 1. The topological polar surface area (TPSA) is 102 Å². The second-order valence-electron chi connectivity index (χ2n) is 7.18. The van der Waals surface area contributed by atoms with Crippen LogP contribution in [0.4, 0.5) is 9.18 Å². The summed E-state index contributed by atoms with van der Waals surface area (Å²) in [6, 6.07) is 7.08. The van der Waals surface area contributed by atoms with Gasteiger partial charge in [0, 0.05) is 16.2 Å². The number of alkyl halides is 1. The second-order valence-corrected chi connectivity index (χ2v) is 9.05. The zero-order valence-electron chi connectivity index (χ0n) is 17.8. The lowest BCUT2D eigenvalue weighted by Crippen LogP contribution is -2.38. The van der Waals surface area contributed by atoms with Crippen molar-refractivity contribution in [2.24, 2.45) is 0 Å². The number of rotatable bonds is 8. The number of benzene rings is 1. The van der Waals surface area contributed by atoms with Gasteiger partial charge in [-0.15, -0.1) is 0 Å². The number of amides is 1. The Labute approximate surface area is 208 Å². The van der Waals surface area contributed by atoms with E-state index in [2.05, 4.69) is 9.72 Å². The van der Waals surface area contributed by atoms with Gasteiger partial charge in [-0.2, -0.15) is 0 Å². The van der Waals surface area contributed by atoms with Crippen molar-refractivity contribution in [3.8, 4) is 11.5 Å². The van der Waals surface area contributed by atoms with Gasteiger partial charge in [0.25, 0.3) is 0 Å². The zero-order valence-corrected chi connectivity index (χ0v) is 20.7. The third-order valence-corrected chi connectivity index (χ3v) is 6.13. The van der Waals surface area contributed by atoms with E-state index in [4.69, 9.17) is 25.9 Å². The Balaban J connectivity index is 1.72. The van der Waals surface area contributed by atoms with Gasteiger partial charge in [-0.25, -0.2) is 14.2 Å². The first kappa shape index (κ1) is 25.2. The number of methoxy groups -OCH3 is 1. The van der Waals surface area contributed by atoms with Gasteiger partial charge in [0.05, 0.1) is 30.3 Å². The van der Waals surface area contributed by atoms with Gasteiger partial charge < -0.3 is 19.0 Å². The fraction of sp³-hybridized carbons (Fsp3) is 0.318. The van der Waals surface area contributed by atoms with Crippen molar-refractivity contribution in [2.75, 3.05) is 20.2 Å². The maximum absolute atomic E-state index is 14.6. The summed E-state index contributed by atoms with van der Waals surface area (Å²) in [4.78, 5) is 28.3. The highest BCUT2D eigenvalue weighted by atomic mass is 127. The smallest absolute Gasteiger partial charge is 0.410 e. The van der Waals surface area contributed by atoms with Crippen molar-refractivity contribution in [1.29, 1.82) is 0 Å². The predicted molar refractivity (Wildman–Crippen MR) is 127 cm³/mol. The largest absolute Gasteiger partial charge is 0.480 e. The average molecular weight is 591 g/mol. The molecule has 33 heavy (non-hydrogen) atoms. The van der Waals surface area contributed by atoms with Crippen LogP contribution in [0.3, 0.4) is 0 Å². The van der Waals surface area contributed by atoms with E-state index in [-0.39, 0.29) is 22.6 Å². The van der Waals surface area contributed by atoms with Crippen molar-refractivity contribution in [3.05, 3.63) is 64.3 Å². The van der Waals surface area contributed by atoms with Crippen LogP contribution in [0.2, 0.25) is 5.02 Å². The quantitative estimate of drug-likeness (QED) is 0.343. The Hall–Kier alpha value is -2.44. The highest BCUT2D eigenvalue weighted by Crippen LogP contribution is 2.29. The van der Waals surface area contributed by atoms with E-state index >= 15 is 0 Å². The van der Waals surface area contributed by atoms with Crippen LogP contribution in [0.15, 0.2) is 52.2 Å². The maximum Gasteiger partial charge on any atom is 0.410 e. The van der Waals surface area contributed by atoms with Crippen LogP contribution in [0.1, 0.15) is 11.5 Å². The molecule has 1 heterocycles. The van der Waals surface area contributed by atoms with Crippen LogP contribution in [0, 0.1) is 6.92 Å². The Morgan fingerprint density at radius 3 is 2.64 bits per heavy atom. The minimum absolute atomic E-state index is 0.113. The number of halogens is 3. The number of carboxylic acid groups (broad SMARTS) is 1. The van der Waals surface area contributed by atoms with Crippen LogP contribution in [0.5, 0.6) is 0 Å². The zero-order chi connectivity index (χ0) is 24.1. The van der Waals surface area contributed by atoms with E-state index < -0.39 is 30.5 Å². The molecule has 0 radical (unpaired) electrons. The first-order valence-corrected chi connectivity index (χ1v) is 11.4. The van der Waals surface area contributed by atoms with Crippen molar-refractivity contribution in [2.45, 2.75) is 23.6 Å². The van der Waals surface area contributed by atoms with Gasteiger partial charge in [-0.1, -0.05) is 34.2 Å². The minimum Gasteiger partial charge on any atom is -0.480 e. The van der Waals surface area contributed by atoms with Crippen molar-refractivity contribution >= 4 is 46.3 Å². The molecule has 0 fully saturated rings. The molecule has 2 atom stereocenters. The van der Waals surface area contributed by atoms with E-state index in [9.17, 15) is 14.0 Å². The molecule has 3 rings (SSSR count). The van der Waals surface area contributed by atoms with E-state index in [1.807, 2.05) is 22.6 Å². The number of carbonyl (C=O) groups excluding carboxylic acids is 1. The summed E-state index contributed by atoms with van der Waals surface area (Å²) in [5.41, 5.74) is 1.50. The molecule has 1 aliphatic rings. The molecule has 1 amide bonds. The minimum atomic E-state index is -1.24. The summed E-state index contributed by atoms with van der Waals surface area (Å²) in [5.74, 6) is -0.762. The lowest BCUT2D eigenvalue weighted by molar-refractivity contribution is -0.137. The predicted octanol–water partition coefficient (Wildman–Crippen LogP) is 4.94. The monoisotopic (exact) mass is 590 g/mol. The van der Waals surface area contributed by atoms with Gasteiger partial charge in [-0.3, -0.25) is 9.69 Å². The Morgan fingerprint density at radius 2 is 2.00 bits per heavy atom. The highest BCUT2D eigenvalue weighted by Gasteiger charge is 2.28. The Morgan fingerprint density at radius 1 is 1.30 bits per heavy atom. The van der Waals surface area contributed by atoms with Gasteiger partial charge >= 0.3 is 12.1 Å². The van der Waals surface area contributed by atoms with E-state index in [0.29, 0.717) is 22.4 Å². The number of oxazole rings is 1. The van der Waals surface area contributed by atoms with E-state index in [1.54, 1.807) is 37.3 Å². The first-order valence-electron chi connectivity index (χ1n) is 9.79. The fourth-order valence-corrected chi connectivity index (χ4v) is 3.97. The average Bonchev–Trinajstić information content (AvgIpc) is 3.14. The summed E-state index contributed by atoms with van der Waals surface area (Å²) < 4.78 is 30.5. The van der Waals surface area contributed by atoms with Crippen LogP contribution in [-0.2, 0) is 20.9 Å². The second kappa shape index (κ2) is 11.1. The number of aryl methyl sites for hydroxylation is 1. The molecule has 0 spiro atoms. The fourth-order valence-electron chi connectivity index (χ4n) is 3.12. The maximum atomic E-state index is 14.6. The molecule has 1 N–H and O–H groups in total. The molecule has 1 aliphatic carbocycles. The highest BCUT2D eigenvalue weighted by molar-refractivity contribution is 14.1. The van der Waals surface area contributed by atoms with Crippen molar-refractivity contribution < 1.29 is 33.0 Å². The number of carbonyl (C=O) groups is 2. The van der Waals surface area contributed by atoms with Crippen LogP contribution >= 0.6 is 34.2 Å². The number of hydrogen-bond acceptors (Lipinski definition) is 6. The lowest BCUT2D eigenvalue weighted by Gasteiger charge is -2.26. The summed E-state index contributed by atoms with van der Waals surface area (Å²) in [7, 11) is 1.13. The molecule has 2 aromatic rings. The van der Waals surface area contributed by atoms with Crippen LogP contribution in [0.25, 0.3) is 11.5 Å². The number of aromatic nitrogens is 1. The normalized spacial score (nSPS) is 17.8. The van der Waals surface area contributed by atoms with Gasteiger partial charge in [0.2, 0.25) is 5.89 Å². The molecule has 1 aromatic heterocycles. The third kappa shape index (κ3) is 6.55. The summed E-state index contributed by atoms with van der Waals surface area (Å²) >= 11 is 7.97. The number of hydrogen-bond donors (Lipinski definition) is 1. The molecule has 11 heteroatoms. The summed E-state index contributed by atoms with van der Waals surface area (Å²) in [6.45, 7) is 0.993. The molecular weight excluding hydrogens is 570 g/mol. The molecule has 0 bridgehead atoms. The molecule has 1 unspecified atom stereocenters. The SMILES string of the molecule is COC(=O)N(CC(=O)O)CC1=CC(OCc2nc(-c3ccc(Cl)cc3)oc2C)[C@@H](I)C=C1F. The number of carboxylic acids is 1. The molecule has 176 valence electrons. The van der Waals surface area contributed by atoms with Crippen LogP contribution in [-0.4, -0.2) is 57.3 Å². The Kier molecular flexibility index (Phi) is 8.49. The van der Waals surface area contributed by atoms with Gasteiger partial charge in [0.1, 0.15) is 23.8 Å². The molecule has 1 aromatic carbocycles. The molecule has 0 aliphatic heterocycles. The van der Waals surface area contributed by atoms with Gasteiger partial charge in [0.15, 0.2) is 0 Å². The third-order valence-electron chi connectivity index (χ3n) is 4.81. The van der Waals surface area contributed by atoms with Gasteiger partial charge in [-0.05, 0) is 43.3 Å². The van der Waals surface area contributed by atoms with Crippen molar-refractivity contribution in [3.63, 3.8) is 0 Å². The van der Waals surface area contributed by atoms with Crippen molar-refractivity contribution in [1.82, 2.24) is 9.88 Å². The molecule has 8 nitrogen and oxygen atoms in total. The van der Waals surface area contributed by atoms with E-state index in [0.717, 1.165) is 17.6 Å². The lowest BCUT2D eigenvalue weighted by atomic mass is 10.0. The molecular formula is C22H21ClFIN2O6. The summed E-state index contributed by atoms with van der Waals surface area (Å²) in [6.07, 6.45) is 1.51. The Bertz CT molecular complexity index is 1090. The number of nitrogens with zero attached hydrogens (tertiary/aromatic N) is 2. The number of ether oxygens (including phenoxy) is 2. The first-order chi connectivity index (χ1) is 15.7.